The molecule has 5 heteroatoms. The summed E-state index contributed by atoms with van der Waals surface area (Å²) in [6, 6.07) is 15.0. The van der Waals surface area contributed by atoms with Gasteiger partial charge in [-0.15, -0.1) is 0 Å². The van der Waals surface area contributed by atoms with Crippen molar-refractivity contribution < 1.29 is 9.53 Å². The molecule has 1 N–H and O–H groups in total. The number of benzene rings is 2. The van der Waals surface area contributed by atoms with Gasteiger partial charge in [-0.25, -0.2) is 5.43 Å². The lowest BCUT2D eigenvalue weighted by atomic mass is 10.2. The quantitative estimate of drug-likeness (QED) is 0.680. The van der Waals surface area contributed by atoms with E-state index in [1.807, 2.05) is 48.5 Å². The van der Waals surface area contributed by atoms with Gasteiger partial charge in [-0.05, 0) is 47.5 Å². The molecule has 0 unspecified atom stereocenters. The SMILES string of the molecule is CC(=O)N/N=C\c1ccc(OCc2ccc(Cl)cc2)cc1. The first-order valence-electron chi connectivity index (χ1n) is 6.40. The number of carbonyl (C=O) groups is 1. The van der Waals surface area contributed by atoms with E-state index in [-0.39, 0.29) is 5.91 Å². The van der Waals surface area contributed by atoms with Crippen LogP contribution in [0.4, 0.5) is 0 Å². The zero-order valence-electron chi connectivity index (χ0n) is 11.5. The van der Waals surface area contributed by atoms with Crippen LogP contribution in [0.1, 0.15) is 18.1 Å². The highest BCUT2D eigenvalue weighted by atomic mass is 35.5. The van der Waals surface area contributed by atoms with Crippen LogP contribution in [-0.2, 0) is 11.4 Å². The van der Waals surface area contributed by atoms with Crippen LogP contribution in [0.25, 0.3) is 0 Å². The third kappa shape index (κ3) is 5.28. The van der Waals surface area contributed by atoms with Crippen molar-refractivity contribution in [2.45, 2.75) is 13.5 Å². The second kappa shape index (κ2) is 7.45. The maximum Gasteiger partial charge on any atom is 0.236 e. The van der Waals surface area contributed by atoms with E-state index in [1.54, 1.807) is 6.21 Å². The number of ether oxygens (including phenoxy) is 1. The van der Waals surface area contributed by atoms with E-state index in [0.29, 0.717) is 11.6 Å². The van der Waals surface area contributed by atoms with Crippen LogP contribution < -0.4 is 10.2 Å². The molecule has 2 aromatic rings. The van der Waals surface area contributed by atoms with Gasteiger partial charge in [-0.3, -0.25) is 4.79 Å². The van der Waals surface area contributed by atoms with Crippen molar-refractivity contribution >= 4 is 23.7 Å². The van der Waals surface area contributed by atoms with Gasteiger partial charge in [-0.2, -0.15) is 5.10 Å². The fourth-order valence-corrected chi connectivity index (χ4v) is 1.72. The molecular weight excluding hydrogens is 288 g/mol. The molecule has 21 heavy (non-hydrogen) atoms. The molecule has 0 aromatic heterocycles. The summed E-state index contributed by atoms with van der Waals surface area (Å²) >= 11 is 5.83. The summed E-state index contributed by atoms with van der Waals surface area (Å²) in [5.41, 5.74) is 4.28. The Morgan fingerprint density at radius 3 is 2.48 bits per heavy atom. The number of hydrogen-bond donors (Lipinski definition) is 1. The Balaban J connectivity index is 1.88. The molecule has 0 saturated heterocycles. The number of hydrogen-bond acceptors (Lipinski definition) is 3. The Morgan fingerprint density at radius 1 is 1.19 bits per heavy atom. The van der Waals surface area contributed by atoms with E-state index in [2.05, 4.69) is 10.5 Å². The molecular formula is C16H15ClN2O2. The smallest absolute Gasteiger partial charge is 0.236 e. The van der Waals surface area contributed by atoms with Crippen molar-refractivity contribution in [1.29, 1.82) is 0 Å². The third-order valence-corrected chi connectivity index (χ3v) is 2.89. The second-order valence-corrected chi connectivity index (χ2v) is 4.85. The molecule has 0 aliphatic rings. The van der Waals surface area contributed by atoms with Gasteiger partial charge in [0.2, 0.25) is 5.91 Å². The lowest BCUT2D eigenvalue weighted by Gasteiger charge is -2.06. The van der Waals surface area contributed by atoms with Crippen LogP contribution in [0.15, 0.2) is 53.6 Å². The maximum absolute atomic E-state index is 10.7. The molecule has 0 heterocycles. The predicted octanol–water partition coefficient (Wildman–Crippen LogP) is 3.39. The number of carbonyl (C=O) groups excluding carboxylic acids is 1. The van der Waals surface area contributed by atoms with Gasteiger partial charge in [0.15, 0.2) is 0 Å². The second-order valence-electron chi connectivity index (χ2n) is 4.41. The lowest BCUT2D eigenvalue weighted by Crippen LogP contribution is -2.12. The summed E-state index contributed by atoms with van der Waals surface area (Å²) in [6.45, 7) is 1.89. The fraction of sp³-hybridized carbons (Fsp3) is 0.125. The summed E-state index contributed by atoms with van der Waals surface area (Å²) in [6.07, 6.45) is 1.57. The summed E-state index contributed by atoms with van der Waals surface area (Å²) in [5.74, 6) is 0.566. The average molecular weight is 303 g/mol. The molecule has 0 saturated carbocycles. The Labute approximate surface area is 128 Å². The van der Waals surface area contributed by atoms with Crippen molar-refractivity contribution in [1.82, 2.24) is 5.43 Å². The minimum atomic E-state index is -0.200. The van der Waals surface area contributed by atoms with Gasteiger partial charge in [-0.1, -0.05) is 23.7 Å². The van der Waals surface area contributed by atoms with E-state index in [1.165, 1.54) is 6.92 Å². The summed E-state index contributed by atoms with van der Waals surface area (Å²) in [4.78, 5) is 10.7. The standard InChI is InChI=1S/C16H15ClN2O2/c1-12(20)19-18-10-13-4-8-16(9-5-13)21-11-14-2-6-15(17)7-3-14/h2-10H,11H2,1H3,(H,19,20)/b18-10-. The topological polar surface area (TPSA) is 50.7 Å². The largest absolute Gasteiger partial charge is 0.489 e. The van der Waals surface area contributed by atoms with Crippen molar-refractivity contribution in [2.75, 3.05) is 0 Å². The summed E-state index contributed by atoms with van der Waals surface area (Å²) < 4.78 is 5.67. The van der Waals surface area contributed by atoms with E-state index in [0.717, 1.165) is 16.9 Å². The highest BCUT2D eigenvalue weighted by Gasteiger charge is 1.97. The van der Waals surface area contributed by atoms with Crippen molar-refractivity contribution in [3.8, 4) is 5.75 Å². The summed E-state index contributed by atoms with van der Waals surface area (Å²) in [5, 5.41) is 4.50. The van der Waals surface area contributed by atoms with Crippen LogP contribution in [-0.4, -0.2) is 12.1 Å². The highest BCUT2D eigenvalue weighted by Crippen LogP contribution is 2.15. The highest BCUT2D eigenvalue weighted by molar-refractivity contribution is 6.30. The Bertz CT molecular complexity index is 622. The van der Waals surface area contributed by atoms with Crippen molar-refractivity contribution in [3.05, 3.63) is 64.7 Å². The van der Waals surface area contributed by atoms with Gasteiger partial charge in [0.05, 0.1) is 6.21 Å². The fourth-order valence-electron chi connectivity index (χ4n) is 1.60. The minimum Gasteiger partial charge on any atom is -0.489 e. The number of hydrazone groups is 1. The first kappa shape index (κ1) is 15.1. The molecule has 0 atom stereocenters. The van der Waals surface area contributed by atoms with Gasteiger partial charge in [0, 0.05) is 11.9 Å². The molecule has 0 aliphatic heterocycles. The Morgan fingerprint density at radius 2 is 1.86 bits per heavy atom. The number of amides is 1. The van der Waals surface area contributed by atoms with Gasteiger partial charge < -0.3 is 4.74 Å². The van der Waals surface area contributed by atoms with E-state index >= 15 is 0 Å². The molecule has 0 radical (unpaired) electrons. The average Bonchev–Trinajstić information content (AvgIpc) is 2.48. The molecule has 4 nitrogen and oxygen atoms in total. The molecule has 108 valence electrons. The van der Waals surface area contributed by atoms with Crippen molar-refractivity contribution in [2.24, 2.45) is 5.10 Å². The number of rotatable bonds is 5. The minimum absolute atomic E-state index is 0.200. The number of halogens is 1. The van der Waals surface area contributed by atoms with Crippen LogP contribution in [0.2, 0.25) is 5.02 Å². The number of nitrogens with one attached hydrogen (secondary N) is 1. The molecule has 0 bridgehead atoms. The van der Waals surface area contributed by atoms with Crippen LogP contribution in [0.3, 0.4) is 0 Å². The molecule has 2 aromatic carbocycles. The predicted molar refractivity (Wildman–Crippen MR) is 83.6 cm³/mol. The number of nitrogens with zero attached hydrogens (tertiary/aromatic N) is 1. The van der Waals surface area contributed by atoms with E-state index in [9.17, 15) is 4.79 Å². The monoisotopic (exact) mass is 302 g/mol. The Kier molecular flexibility index (Phi) is 5.35. The molecule has 2 rings (SSSR count). The van der Waals surface area contributed by atoms with E-state index in [4.69, 9.17) is 16.3 Å². The van der Waals surface area contributed by atoms with Crippen LogP contribution in [0.5, 0.6) is 5.75 Å². The summed E-state index contributed by atoms with van der Waals surface area (Å²) in [7, 11) is 0. The zero-order valence-corrected chi connectivity index (χ0v) is 12.3. The third-order valence-electron chi connectivity index (χ3n) is 2.63. The molecule has 0 fully saturated rings. The van der Waals surface area contributed by atoms with Gasteiger partial charge >= 0.3 is 0 Å². The van der Waals surface area contributed by atoms with Crippen LogP contribution >= 0.6 is 11.6 Å². The first-order chi connectivity index (χ1) is 10.1. The molecule has 0 spiro atoms. The van der Waals surface area contributed by atoms with Crippen molar-refractivity contribution in [3.63, 3.8) is 0 Å². The normalized spacial score (nSPS) is 10.6. The van der Waals surface area contributed by atoms with E-state index < -0.39 is 0 Å². The van der Waals surface area contributed by atoms with Gasteiger partial charge in [0.1, 0.15) is 12.4 Å². The van der Waals surface area contributed by atoms with Crippen LogP contribution in [0, 0.1) is 0 Å². The molecule has 0 aliphatic carbocycles. The lowest BCUT2D eigenvalue weighted by molar-refractivity contribution is -0.118. The van der Waals surface area contributed by atoms with Gasteiger partial charge in [0.25, 0.3) is 0 Å². The Hall–Kier alpha value is -2.33. The first-order valence-corrected chi connectivity index (χ1v) is 6.78. The molecule has 1 amide bonds. The zero-order chi connectivity index (χ0) is 15.1. The maximum atomic E-state index is 10.7.